The van der Waals surface area contributed by atoms with Gasteiger partial charge in [0, 0.05) is 0 Å². The zero-order chi connectivity index (χ0) is 8.23. The highest BCUT2D eigenvalue weighted by Crippen LogP contribution is 2.37. The van der Waals surface area contributed by atoms with Crippen molar-refractivity contribution in [3.05, 3.63) is 0 Å². The Kier molecular flexibility index (Phi) is 4.83. The van der Waals surface area contributed by atoms with E-state index in [1.54, 1.807) is 25.7 Å². The minimum Gasteiger partial charge on any atom is -0.0776 e. The first kappa shape index (κ1) is 11.1. The second-order valence-electron chi connectivity index (χ2n) is 4.80. The molecule has 0 radical (unpaired) electrons. The molecule has 0 atom stereocenters. The zero-order valence-corrected chi connectivity index (χ0v) is 8.23. The van der Waals surface area contributed by atoms with E-state index in [0.29, 0.717) is 0 Å². The lowest BCUT2D eigenvalue weighted by molar-refractivity contribution is 0.196. The van der Waals surface area contributed by atoms with E-state index in [0.717, 1.165) is 11.8 Å². The molecule has 0 nitrogen and oxygen atoms in total. The third-order valence-corrected chi connectivity index (χ3v) is 3.97. The van der Waals surface area contributed by atoms with Crippen LogP contribution in [-0.2, 0) is 0 Å². The summed E-state index contributed by atoms with van der Waals surface area (Å²) in [5.41, 5.74) is 0. The van der Waals surface area contributed by atoms with E-state index in [1.807, 2.05) is 0 Å². The second-order valence-corrected chi connectivity index (χ2v) is 4.80. The molecule has 0 heterocycles. The average Bonchev–Trinajstić information content (AvgIpc) is 2.21. The molecule has 13 heavy (non-hydrogen) atoms. The van der Waals surface area contributed by atoms with Crippen LogP contribution in [0.1, 0.15) is 71.6 Å². The molecule has 0 bridgehead atoms. The lowest BCUT2D eigenvalue weighted by Crippen LogP contribution is -2.20. The van der Waals surface area contributed by atoms with E-state index in [4.69, 9.17) is 0 Å². The van der Waals surface area contributed by atoms with E-state index >= 15 is 0 Å². The molecule has 0 saturated heterocycles. The van der Waals surface area contributed by atoms with E-state index < -0.39 is 0 Å². The molecular formula is C13H26. The first-order chi connectivity index (χ1) is 5.97. The van der Waals surface area contributed by atoms with E-state index in [1.165, 1.54) is 38.5 Å². The van der Waals surface area contributed by atoms with Gasteiger partial charge in [-0.05, 0) is 11.8 Å². The van der Waals surface area contributed by atoms with Crippen LogP contribution in [0.25, 0.3) is 0 Å². The van der Waals surface area contributed by atoms with Crippen molar-refractivity contribution in [1.29, 1.82) is 0 Å². The molecule has 2 aliphatic carbocycles. The van der Waals surface area contributed by atoms with Crippen LogP contribution in [0.4, 0.5) is 0 Å². The van der Waals surface area contributed by atoms with Crippen LogP contribution in [0.2, 0.25) is 0 Å². The summed E-state index contributed by atoms with van der Waals surface area (Å²) in [4.78, 5) is 0. The van der Waals surface area contributed by atoms with Gasteiger partial charge in [-0.2, -0.15) is 0 Å². The summed E-state index contributed by atoms with van der Waals surface area (Å²) in [6.45, 7) is 0. The van der Waals surface area contributed by atoms with Crippen molar-refractivity contribution >= 4 is 0 Å². The van der Waals surface area contributed by atoms with Crippen LogP contribution in [0.15, 0.2) is 0 Å². The average molecular weight is 182 g/mol. The van der Waals surface area contributed by atoms with Crippen molar-refractivity contribution in [2.75, 3.05) is 0 Å². The van der Waals surface area contributed by atoms with Gasteiger partial charge in [0.15, 0.2) is 0 Å². The second kappa shape index (κ2) is 5.67. The fraction of sp³-hybridized carbons (Fsp3) is 1.00. The Balaban J connectivity index is 0.000000845. The highest BCUT2D eigenvalue weighted by atomic mass is 14.3. The van der Waals surface area contributed by atoms with Crippen LogP contribution >= 0.6 is 0 Å². The minimum absolute atomic E-state index is 0. The van der Waals surface area contributed by atoms with Gasteiger partial charge in [-0.1, -0.05) is 71.6 Å². The molecule has 0 N–H and O–H groups in total. The van der Waals surface area contributed by atoms with Crippen molar-refractivity contribution in [2.24, 2.45) is 11.8 Å². The maximum Gasteiger partial charge on any atom is -0.0386 e. The number of rotatable bonds is 1. The quantitative estimate of drug-likeness (QED) is 0.547. The summed E-state index contributed by atoms with van der Waals surface area (Å²) in [5.74, 6) is 2.28. The highest BCUT2D eigenvalue weighted by molar-refractivity contribution is 4.76. The molecule has 0 aromatic heterocycles. The number of hydrogen-bond donors (Lipinski definition) is 0. The Morgan fingerprint density at radius 1 is 0.462 bits per heavy atom. The predicted octanol–water partition coefficient (Wildman–Crippen LogP) is 4.78. The Morgan fingerprint density at radius 2 is 0.769 bits per heavy atom. The SMILES string of the molecule is C.C1CCC(C2CCCCC2)CC1. The summed E-state index contributed by atoms with van der Waals surface area (Å²) in [7, 11) is 0. The molecule has 0 unspecified atom stereocenters. The van der Waals surface area contributed by atoms with Crippen molar-refractivity contribution in [3.8, 4) is 0 Å². The van der Waals surface area contributed by atoms with Gasteiger partial charge in [0.2, 0.25) is 0 Å². The molecule has 2 aliphatic rings. The van der Waals surface area contributed by atoms with E-state index in [2.05, 4.69) is 0 Å². The summed E-state index contributed by atoms with van der Waals surface area (Å²) in [6, 6.07) is 0. The maximum absolute atomic E-state index is 1.56. The molecule has 2 saturated carbocycles. The van der Waals surface area contributed by atoms with Gasteiger partial charge in [0.25, 0.3) is 0 Å². The summed E-state index contributed by atoms with van der Waals surface area (Å²) in [5, 5.41) is 0. The molecule has 0 heteroatoms. The highest BCUT2D eigenvalue weighted by Gasteiger charge is 2.24. The standard InChI is InChI=1S/C12H22.CH4/c1-3-7-11(8-4-1)12-9-5-2-6-10-12;/h11-12H,1-10H2;1H4. The van der Waals surface area contributed by atoms with Gasteiger partial charge < -0.3 is 0 Å². The first-order valence-corrected chi connectivity index (χ1v) is 5.97. The minimum atomic E-state index is 0. The fourth-order valence-corrected chi connectivity index (χ4v) is 3.21. The van der Waals surface area contributed by atoms with Gasteiger partial charge in [0.05, 0.1) is 0 Å². The van der Waals surface area contributed by atoms with Crippen molar-refractivity contribution < 1.29 is 0 Å². The smallest absolute Gasteiger partial charge is 0.0386 e. The Hall–Kier alpha value is 0. The van der Waals surface area contributed by atoms with Crippen molar-refractivity contribution in [1.82, 2.24) is 0 Å². The molecule has 78 valence electrons. The molecule has 0 aliphatic heterocycles. The molecular weight excluding hydrogens is 156 g/mol. The Morgan fingerprint density at radius 3 is 1.08 bits per heavy atom. The van der Waals surface area contributed by atoms with Gasteiger partial charge in [-0.25, -0.2) is 0 Å². The van der Waals surface area contributed by atoms with E-state index in [-0.39, 0.29) is 7.43 Å². The maximum atomic E-state index is 1.56. The van der Waals surface area contributed by atoms with Gasteiger partial charge in [0.1, 0.15) is 0 Å². The third kappa shape index (κ3) is 3.00. The van der Waals surface area contributed by atoms with Gasteiger partial charge >= 0.3 is 0 Å². The van der Waals surface area contributed by atoms with Crippen LogP contribution in [0.3, 0.4) is 0 Å². The summed E-state index contributed by atoms with van der Waals surface area (Å²) < 4.78 is 0. The fourth-order valence-electron chi connectivity index (χ4n) is 3.21. The summed E-state index contributed by atoms with van der Waals surface area (Å²) >= 11 is 0. The van der Waals surface area contributed by atoms with Gasteiger partial charge in [-0.15, -0.1) is 0 Å². The number of hydrogen-bond acceptors (Lipinski definition) is 0. The topological polar surface area (TPSA) is 0 Å². The third-order valence-electron chi connectivity index (χ3n) is 3.97. The predicted molar refractivity (Wildman–Crippen MR) is 59.9 cm³/mol. The molecule has 0 spiro atoms. The molecule has 2 rings (SSSR count). The molecule has 2 fully saturated rings. The zero-order valence-electron chi connectivity index (χ0n) is 8.23. The normalized spacial score (nSPS) is 26.8. The molecule has 0 aromatic rings. The van der Waals surface area contributed by atoms with Crippen molar-refractivity contribution in [3.63, 3.8) is 0 Å². The largest absolute Gasteiger partial charge is 0.0776 e. The van der Waals surface area contributed by atoms with Crippen LogP contribution < -0.4 is 0 Å². The Labute approximate surface area is 84.1 Å². The lowest BCUT2D eigenvalue weighted by atomic mass is 9.73. The van der Waals surface area contributed by atoms with Crippen LogP contribution in [-0.4, -0.2) is 0 Å². The van der Waals surface area contributed by atoms with Crippen molar-refractivity contribution in [2.45, 2.75) is 71.6 Å². The summed E-state index contributed by atoms with van der Waals surface area (Å²) in [6.07, 6.45) is 15.4. The van der Waals surface area contributed by atoms with Gasteiger partial charge in [-0.3, -0.25) is 0 Å². The first-order valence-electron chi connectivity index (χ1n) is 5.97. The van der Waals surface area contributed by atoms with E-state index in [9.17, 15) is 0 Å². The van der Waals surface area contributed by atoms with Crippen LogP contribution in [0.5, 0.6) is 0 Å². The Bertz CT molecular complexity index is 100. The van der Waals surface area contributed by atoms with Crippen LogP contribution in [0, 0.1) is 11.8 Å². The lowest BCUT2D eigenvalue weighted by Gasteiger charge is -2.32. The monoisotopic (exact) mass is 182 g/mol. The molecule has 0 aromatic carbocycles. The molecule has 0 amide bonds.